The zero-order valence-electron chi connectivity index (χ0n) is 21.7. The van der Waals surface area contributed by atoms with Gasteiger partial charge in [-0.25, -0.2) is 0 Å². The van der Waals surface area contributed by atoms with Crippen LogP contribution < -0.4 is 44.7 Å². The molecule has 0 aromatic heterocycles. The number of nitrogens with zero attached hydrogens (tertiary/aromatic N) is 2. The van der Waals surface area contributed by atoms with E-state index in [1.165, 1.54) is 18.2 Å². The number of hydrogen-bond donors (Lipinski definition) is 2. The van der Waals surface area contributed by atoms with Crippen LogP contribution in [-0.2, 0) is 16.5 Å². The number of fused-ring (bicyclic) bond motifs is 1. The van der Waals surface area contributed by atoms with Crippen LogP contribution in [0.1, 0.15) is 29.8 Å². The zero-order valence-corrected chi connectivity index (χ0v) is 26.1. The van der Waals surface area contributed by atoms with E-state index in [-0.39, 0.29) is 63.5 Å². The van der Waals surface area contributed by atoms with Crippen molar-refractivity contribution in [3.63, 3.8) is 0 Å². The van der Waals surface area contributed by atoms with Crippen molar-refractivity contribution < 1.29 is 57.2 Å². The minimum absolute atomic E-state index is 0. The van der Waals surface area contributed by atoms with Crippen LogP contribution in [-0.4, -0.2) is 25.5 Å². The summed E-state index contributed by atoms with van der Waals surface area (Å²) in [5, 5.41) is 25.6. The van der Waals surface area contributed by atoms with E-state index in [1.54, 1.807) is 56.3 Å². The van der Waals surface area contributed by atoms with Crippen molar-refractivity contribution >= 4 is 67.1 Å². The van der Waals surface area contributed by atoms with Crippen LogP contribution in [0.2, 0.25) is 10.0 Å². The standard InChI is InChI=1S/C27H23Cl2N3O6S.Na/c1-3-17-22(12-11-21(29)26(17)39(35,36)37)31-32-24-18-8-6-5-7-15(18)13-19(25(24)33)27(34)30-16-9-10-20(28)23(14-16)38-4-2;/h5-14,33H,3-4H2,1-2H3,(H,30,34)(H,35,36,37);/q;+1/p-1. The van der Waals surface area contributed by atoms with Gasteiger partial charge >= 0.3 is 29.6 Å². The summed E-state index contributed by atoms with van der Waals surface area (Å²) < 4.78 is 39.0. The summed E-state index contributed by atoms with van der Waals surface area (Å²) in [6.45, 7) is 3.83. The number of rotatable bonds is 8. The Balaban J connectivity index is 0.00000441. The topological polar surface area (TPSA) is 140 Å². The molecule has 0 spiro atoms. The van der Waals surface area contributed by atoms with Crippen molar-refractivity contribution in [3.8, 4) is 11.5 Å². The molecule has 0 heterocycles. The average Bonchev–Trinajstić information content (AvgIpc) is 2.89. The number of amides is 1. The molecule has 1 amide bonds. The summed E-state index contributed by atoms with van der Waals surface area (Å²) in [5.41, 5.74) is 0.301. The van der Waals surface area contributed by atoms with Crippen molar-refractivity contribution in [2.45, 2.75) is 25.2 Å². The normalized spacial score (nSPS) is 11.4. The maximum Gasteiger partial charge on any atom is 1.00 e. The van der Waals surface area contributed by atoms with E-state index in [0.29, 0.717) is 33.8 Å². The van der Waals surface area contributed by atoms with Gasteiger partial charge < -0.3 is 15.2 Å². The average molecular weight is 610 g/mol. The molecule has 4 rings (SSSR count). The van der Waals surface area contributed by atoms with Crippen LogP contribution in [0.5, 0.6) is 11.5 Å². The fourth-order valence-electron chi connectivity index (χ4n) is 4.03. The van der Waals surface area contributed by atoms with Gasteiger partial charge in [-0.2, -0.15) is 18.6 Å². The predicted molar refractivity (Wildman–Crippen MR) is 149 cm³/mol. The van der Waals surface area contributed by atoms with Gasteiger partial charge in [0.25, 0.3) is 16.0 Å². The summed E-state index contributed by atoms with van der Waals surface area (Å²) in [4.78, 5) is 12.7. The van der Waals surface area contributed by atoms with Crippen molar-refractivity contribution in [1.29, 1.82) is 0 Å². The molecule has 0 aliphatic rings. The molecule has 0 atom stereocenters. The molecule has 4 aromatic carbocycles. The Morgan fingerprint density at radius 1 is 1.02 bits per heavy atom. The Kier molecular flexibility index (Phi) is 10.6. The minimum atomic E-state index is -4.65. The number of hydrogen-bond acceptors (Lipinski definition) is 7. The van der Waals surface area contributed by atoms with Gasteiger partial charge in [0.05, 0.1) is 28.0 Å². The number of benzene rings is 4. The van der Waals surface area contributed by atoms with Gasteiger partial charge in [-0.05, 0) is 49.1 Å². The molecule has 0 fully saturated rings. The van der Waals surface area contributed by atoms with Gasteiger partial charge in [-0.15, -0.1) is 0 Å². The minimum Gasteiger partial charge on any atom is -0.870 e. The van der Waals surface area contributed by atoms with E-state index in [1.807, 2.05) is 0 Å². The van der Waals surface area contributed by atoms with Gasteiger partial charge in [0.1, 0.15) is 10.6 Å². The Morgan fingerprint density at radius 2 is 1.73 bits per heavy atom. The first kappa shape index (κ1) is 31.8. The third kappa shape index (κ3) is 6.77. The molecule has 40 heavy (non-hydrogen) atoms. The molecule has 9 nitrogen and oxygen atoms in total. The molecule has 0 saturated heterocycles. The zero-order chi connectivity index (χ0) is 28.3. The molecule has 2 N–H and O–H groups in total. The molecule has 202 valence electrons. The van der Waals surface area contributed by atoms with E-state index in [0.717, 1.165) is 0 Å². The second kappa shape index (κ2) is 13.3. The monoisotopic (exact) mass is 609 g/mol. The number of ether oxygens (including phenoxy) is 1. The molecule has 0 bridgehead atoms. The summed E-state index contributed by atoms with van der Waals surface area (Å²) in [6.07, 6.45) is 0.155. The number of azo groups is 1. The Bertz CT molecular complexity index is 1730. The quantitative estimate of drug-likeness (QED) is 0.175. The number of carbonyl (C=O) groups is 1. The van der Waals surface area contributed by atoms with E-state index < -0.39 is 26.7 Å². The third-order valence-electron chi connectivity index (χ3n) is 5.77. The molecule has 13 heteroatoms. The Morgan fingerprint density at radius 3 is 2.40 bits per heavy atom. The fourth-order valence-corrected chi connectivity index (χ4v) is 5.55. The Labute approximate surface area is 263 Å². The van der Waals surface area contributed by atoms with E-state index >= 15 is 0 Å². The van der Waals surface area contributed by atoms with Crippen molar-refractivity contribution in [1.82, 2.24) is 0 Å². The van der Waals surface area contributed by atoms with Crippen LogP contribution in [0.4, 0.5) is 17.1 Å². The summed E-state index contributed by atoms with van der Waals surface area (Å²) in [6, 6.07) is 15.7. The number of halogens is 2. The maximum atomic E-state index is 13.5. The molecule has 0 aliphatic carbocycles. The SMILES string of the molecule is CCOc1cc(NC(=O)c2cc3ccccc3c(N=Nc3ccc(Cl)c(S(=O)(=O)O)c3CC)c2[O-])ccc1Cl.[Na+]. The number of nitrogens with one attached hydrogen (secondary N) is 1. The largest absolute Gasteiger partial charge is 1.00 e. The van der Waals surface area contributed by atoms with Gasteiger partial charge in [0.2, 0.25) is 0 Å². The first-order chi connectivity index (χ1) is 18.5. The third-order valence-corrected chi connectivity index (χ3v) is 7.49. The smallest absolute Gasteiger partial charge is 0.870 e. The van der Waals surface area contributed by atoms with Gasteiger partial charge in [-0.1, -0.05) is 60.1 Å². The summed E-state index contributed by atoms with van der Waals surface area (Å²) >= 11 is 12.1. The van der Waals surface area contributed by atoms with Crippen molar-refractivity contribution in [2.75, 3.05) is 11.9 Å². The summed E-state index contributed by atoms with van der Waals surface area (Å²) in [5.74, 6) is -0.983. The molecular weight excluding hydrogens is 588 g/mol. The van der Waals surface area contributed by atoms with Crippen LogP contribution >= 0.6 is 23.2 Å². The van der Waals surface area contributed by atoms with Crippen LogP contribution in [0.15, 0.2) is 75.8 Å². The second-order valence-corrected chi connectivity index (χ2v) is 10.4. The second-order valence-electron chi connectivity index (χ2n) is 8.26. The van der Waals surface area contributed by atoms with E-state index in [4.69, 9.17) is 27.9 Å². The first-order valence-electron chi connectivity index (χ1n) is 11.7. The Hall–Kier alpha value is -2.70. The fraction of sp³-hybridized carbons (Fsp3) is 0.148. The molecule has 0 aliphatic heterocycles. The van der Waals surface area contributed by atoms with Crippen molar-refractivity contribution in [2.24, 2.45) is 10.2 Å². The van der Waals surface area contributed by atoms with Gasteiger partial charge in [0, 0.05) is 28.3 Å². The van der Waals surface area contributed by atoms with Crippen LogP contribution in [0, 0.1) is 0 Å². The van der Waals surface area contributed by atoms with Crippen molar-refractivity contribution in [3.05, 3.63) is 81.8 Å². The molecule has 4 aromatic rings. The van der Waals surface area contributed by atoms with Crippen LogP contribution in [0.25, 0.3) is 10.8 Å². The first-order valence-corrected chi connectivity index (χ1v) is 13.9. The van der Waals surface area contributed by atoms with Gasteiger partial charge in [-0.3, -0.25) is 9.35 Å². The number of carbonyl (C=O) groups excluding carboxylic acids is 1. The molecule has 0 saturated carbocycles. The molecule has 0 unspecified atom stereocenters. The van der Waals surface area contributed by atoms with E-state index in [2.05, 4.69) is 15.5 Å². The number of anilines is 1. The van der Waals surface area contributed by atoms with E-state index in [9.17, 15) is 22.9 Å². The maximum absolute atomic E-state index is 13.5. The van der Waals surface area contributed by atoms with Gasteiger partial charge in [0.15, 0.2) is 0 Å². The van der Waals surface area contributed by atoms with Crippen LogP contribution in [0.3, 0.4) is 0 Å². The predicted octanol–water partition coefficient (Wildman–Crippen LogP) is 4.10. The molecular formula is C27H22Cl2N3NaO6S. The summed E-state index contributed by atoms with van der Waals surface area (Å²) in [7, 11) is -4.65. The molecule has 0 radical (unpaired) electrons.